The largest absolute Gasteiger partial charge is 0.368 e. The summed E-state index contributed by atoms with van der Waals surface area (Å²) < 4.78 is 15.1. The maximum atomic E-state index is 13.2. The van der Waals surface area contributed by atoms with Crippen molar-refractivity contribution < 1.29 is 9.18 Å². The zero-order valence-corrected chi connectivity index (χ0v) is 14.3. The van der Waals surface area contributed by atoms with Gasteiger partial charge in [0.05, 0.1) is 5.69 Å². The highest BCUT2D eigenvalue weighted by atomic mass is 19.1. The Kier molecular flexibility index (Phi) is 4.41. The van der Waals surface area contributed by atoms with E-state index in [1.54, 1.807) is 12.1 Å². The summed E-state index contributed by atoms with van der Waals surface area (Å²) in [5.74, 6) is -0.730. The number of aryl methyl sites for hydroxylation is 2. The number of halogens is 1. The molecule has 1 aromatic heterocycles. The molecule has 2 heterocycles. The van der Waals surface area contributed by atoms with Crippen molar-refractivity contribution in [3.05, 3.63) is 52.6 Å². The number of nitrogens with two attached hydrogens (primary N) is 1. The summed E-state index contributed by atoms with van der Waals surface area (Å²) in [5.41, 5.74) is 9.70. The van der Waals surface area contributed by atoms with E-state index in [9.17, 15) is 9.18 Å². The van der Waals surface area contributed by atoms with Crippen LogP contribution in [0.3, 0.4) is 0 Å². The molecular formula is C18H23FN4O. The quantitative estimate of drug-likeness (QED) is 0.937. The number of carbonyl (C=O) groups excluding carboxylic acids is 1. The van der Waals surface area contributed by atoms with Gasteiger partial charge in [-0.15, -0.1) is 0 Å². The molecule has 1 amide bonds. The Morgan fingerprint density at radius 3 is 2.54 bits per heavy atom. The molecule has 24 heavy (non-hydrogen) atoms. The van der Waals surface area contributed by atoms with E-state index < -0.39 is 11.9 Å². The fourth-order valence-electron chi connectivity index (χ4n) is 3.84. The summed E-state index contributed by atoms with van der Waals surface area (Å²) in [6, 6.07) is 5.57. The second-order valence-corrected chi connectivity index (χ2v) is 6.46. The first-order valence-corrected chi connectivity index (χ1v) is 8.20. The van der Waals surface area contributed by atoms with Gasteiger partial charge in [-0.05, 0) is 50.9 Å². The lowest BCUT2D eigenvalue weighted by Gasteiger charge is -2.31. The highest BCUT2D eigenvalue weighted by Gasteiger charge is 2.37. The number of nitrogens with zero attached hydrogens (tertiary/aromatic N) is 3. The molecule has 0 bridgehead atoms. The van der Waals surface area contributed by atoms with Crippen LogP contribution in [0.1, 0.15) is 47.4 Å². The first-order chi connectivity index (χ1) is 11.4. The van der Waals surface area contributed by atoms with E-state index in [1.807, 2.05) is 25.6 Å². The first-order valence-electron chi connectivity index (χ1n) is 8.20. The number of aromatic nitrogens is 2. The Hall–Kier alpha value is -2.21. The number of likely N-dealkylation sites (tertiary alicyclic amines) is 1. The minimum absolute atomic E-state index is 0.0984. The van der Waals surface area contributed by atoms with Crippen LogP contribution in [0.5, 0.6) is 0 Å². The van der Waals surface area contributed by atoms with Gasteiger partial charge in [0.15, 0.2) is 0 Å². The molecule has 1 saturated heterocycles. The molecule has 1 aromatic carbocycles. The number of amides is 1. The number of benzene rings is 1. The second kappa shape index (κ2) is 6.36. The molecule has 0 saturated carbocycles. The molecule has 2 atom stereocenters. The lowest BCUT2D eigenvalue weighted by Crippen LogP contribution is -2.37. The van der Waals surface area contributed by atoms with E-state index in [-0.39, 0.29) is 11.9 Å². The predicted molar refractivity (Wildman–Crippen MR) is 89.7 cm³/mol. The fraction of sp³-hybridized carbons (Fsp3) is 0.444. The van der Waals surface area contributed by atoms with Crippen molar-refractivity contribution in [3.63, 3.8) is 0 Å². The van der Waals surface area contributed by atoms with Crippen LogP contribution in [0, 0.1) is 19.7 Å². The number of hydrogen-bond acceptors (Lipinski definition) is 3. The molecule has 5 nitrogen and oxygen atoms in total. The van der Waals surface area contributed by atoms with Crippen LogP contribution in [0.25, 0.3) is 0 Å². The summed E-state index contributed by atoms with van der Waals surface area (Å²) in [5, 5.41) is 4.50. The Labute approximate surface area is 141 Å². The standard InChI is InChI=1S/C18H23FN4O/c1-11-16(12(2)22(3)21-11)15-5-4-10-23(15)17(18(20)24)13-6-8-14(19)9-7-13/h6-9,15,17H,4-5,10H2,1-3H3,(H2,20,24)/t15-,17-/m1/s1. The zero-order valence-electron chi connectivity index (χ0n) is 14.3. The maximum absolute atomic E-state index is 13.2. The third-order valence-corrected chi connectivity index (χ3v) is 4.98. The Morgan fingerprint density at radius 1 is 1.33 bits per heavy atom. The SMILES string of the molecule is Cc1nn(C)c(C)c1[C@H]1CCCN1[C@@H](C(N)=O)c1ccc(F)cc1. The molecule has 0 aliphatic carbocycles. The lowest BCUT2D eigenvalue weighted by atomic mass is 9.98. The molecule has 0 unspecified atom stereocenters. The highest BCUT2D eigenvalue weighted by molar-refractivity contribution is 5.81. The number of primary amides is 1. The Bertz CT molecular complexity index is 753. The van der Waals surface area contributed by atoms with Gasteiger partial charge in [0, 0.05) is 24.3 Å². The van der Waals surface area contributed by atoms with Crippen LogP contribution in [-0.4, -0.2) is 27.1 Å². The topological polar surface area (TPSA) is 64.2 Å². The average molecular weight is 330 g/mol. The maximum Gasteiger partial charge on any atom is 0.239 e. The van der Waals surface area contributed by atoms with Gasteiger partial charge < -0.3 is 5.73 Å². The number of hydrogen-bond donors (Lipinski definition) is 1. The molecule has 1 fully saturated rings. The molecule has 128 valence electrons. The third kappa shape index (κ3) is 2.82. The van der Waals surface area contributed by atoms with Crippen molar-refractivity contribution in [2.45, 2.75) is 38.8 Å². The fourth-order valence-corrected chi connectivity index (χ4v) is 3.84. The van der Waals surface area contributed by atoms with Crippen molar-refractivity contribution in [2.75, 3.05) is 6.54 Å². The van der Waals surface area contributed by atoms with Crippen LogP contribution in [0.2, 0.25) is 0 Å². The predicted octanol–water partition coefficient (Wildman–Crippen LogP) is 2.54. The summed E-state index contributed by atoms with van der Waals surface area (Å²) in [4.78, 5) is 14.3. The van der Waals surface area contributed by atoms with Gasteiger partial charge in [-0.1, -0.05) is 12.1 Å². The van der Waals surface area contributed by atoms with Gasteiger partial charge >= 0.3 is 0 Å². The smallest absolute Gasteiger partial charge is 0.239 e. The number of rotatable bonds is 4. The van der Waals surface area contributed by atoms with E-state index in [4.69, 9.17) is 5.73 Å². The summed E-state index contributed by atoms with van der Waals surface area (Å²) in [6.45, 7) is 4.82. The second-order valence-electron chi connectivity index (χ2n) is 6.46. The molecule has 1 aliphatic heterocycles. The van der Waals surface area contributed by atoms with Gasteiger partial charge in [-0.25, -0.2) is 4.39 Å². The molecule has 6 heteroatoms. The summed E-state index contributed by atoms with van der Waals surface area (Å²) in [7, 11) is 1.93. The minimum Gasteiger partial charge on any atom is -0.368 e. The Balaban J connectivity index is 2.01. The molecular weight excluding hydrogens is 307 g/mol. The van der Waals surface area contributed by atoms with Crippen molar-refractivity contribution in [3.8, 4) is 0 Å². The van der Waals surface area contributed by atoms with Gasteiger partial charge in [-0.2, -0.15) is 5.10 Å². The molecule has 3 rings (SSSR count). The zero-order chi connectivity index (χ0) is 17.4. The van der Waals surface area contributed by atoms with Crippen molar-refractivity contribution >= 4 is 5.91 Å². The van der Waals surface area contributed by atoms with Crippen LogP contribution in [0.4, 0.5) is 4.39 Å². The van der Waals surface area contributed by atoms with Crippen LogP contribution < -0.4 is 5.73 Å². The van der Waals surface area contributed by atoms with E-state index in [1.165, 1.54) is 17.7 Å². The van der Waals surface area contributed by atoms with E-state index in [0.29, 0.717) is 0 Å². The molecule has 0 spiro atoms. The summed E-state index contributed by atoms with van der Waals surface area (Å²) in [6.07, 6.45) is 1.95. The van der Waals surface area contributed by atoms with Gasteiger partial charge in [-0.3, -0.25) is 14.4 Å². The van der Waals surface area contributed by atoms with Crippen molar-refractivity contribution in [2.24, 2.45) is 12.8 Å². The normalized spacial score (nSPS) is 19.6. The monoisotopic (exact) mass is 330 g/mol. The van der Waals surface area contributed by atoms with Crippen molar-refractivity contribution in [1.82, 2.24) is 14.7 Å². The molecule has 2 N–H and O–H groups in total. The van der Waals surface area contributed by atoms with E-state index >= 15 is 0 Å². The van der Waals surface area contributed by atoms with Crippen LogP contribution in [-0.2, 0) is 11.8 Å². The third-order valence-electron chi connectivity index (χ3n) is 4.98. The van der Waals surface area contributed by atoms with E-state index in [0.717, 1.165) is 36.3 Å². The summed E-state index contributed by atoms with van der Waals surface area (Å²) >= 11 is 0. The lowest BCUT2D eigenvalue weighted by molar-refractivity contribution is -0.123. The van der Waals surface area contributed by atoms with Gasteiger partial charge in [0.2, 0.25) is 5.91 Å². The van der Waals surface area contributed by atoms with Gasteiger partial charge in [0.1, 0.15) is 11.9 Å². The van der Waals surface area contributed by atoms with E-state index in [2.05, 4.69) is 10.00 Å². The van der Waals surface area contributed by atoms with Gasteiger partial charge in [0.25, 0.3) is 0 Å². The van der Waals surface area contributed by atoms with Crippen molar-refractivity contribution in [1.29, 1.82) is 0 Å². The Morgan fingerprint density at radius 2 is 2.00 bits per heavy atom. The first kappa shape index (κ1) is 16.6. The van der Waals surface area contributed by atoms with Crippen LogP contribution in [0.15, 0.2) is 24.3 Å². The number of carbonyl (C=O) groups is 1. The highest BCUT2D eigenvalue weighted by Crippen LogP contribution is 2.40. The molecule has 2 aromatic rings. The molecule has 0 radical (unpaired) electrons. The minimum atomic E-state index is -0.558. The van der Waals surface area contributed by atoms with Crippen LogP contribution >= 0.6 is 0 Å². The molecule has 1 aliphatic rings. The average Bonchev–Trinajstić information content (AvgIpc) is 3.06.